The maximum atomic E-state index is 12.0. The van der Waals surface area contributed by atoms with Crippen molar-refractivity contribution in [2.75, 3.05) is 11.1 Å². The van der Waals surface area contributed by atoms with Crippen molar-refractivity contribution in [2.45, 2.75) is 41.0 Å². The molecule has 0 aliphatic heterocycles. The van der Waals surface area contributed by atoms with Gasteiger partial charge in [0.05, 0.1) is 11.4 Å². The Morgan fingerprint density at radius 3 is 2.35 bits per heavy atom. The summed E-state index contributed by atoms with van der Waals surface area (Å²) in [5.41, 5.74) is 9.13. The van der Waals surface area contributed by atoms with Gasteiger partial charge >= 0.3 is 0 Å². The first-order chi connectivity index (χ1) is 7.77. The first-order valence-electron chi connectivity index (χ1n) is 5.96. The molecule has 1 rings (SSSR count). The van der Waals surface area contributed by atoms with Gasteiger partial charge in [-0.25, -0.2) is 0 Å². The Morgan fingerprint density at radius 2 is 1.82 bits per heavy atom. The number of carbonyl (C=O) groups excluding carboxylic acids is 1. The predicted octanol–water partition coefficient (Wildman–Crippen LogP) is 3.26. The number of nitrogens with two attached hydrogens (primary N) is 1. The van der Waals surface area contributed by atoms with E-state index in [2.05, 4.69) is 5.32 Å². The molecule has 1 aromatic carbocycles. The summed E-state index contributed by atoms with van der Waals surface area (Å²) in [6.07, 6.45) is 0.795. The van der Waals surface area contributed by atoms with Crippen molar-refractivity contribution in [2.24, 2.45) is 5.41 Å². The van der Waals surface area contributed by atoms with Crippen LogP contribution in [-0.4, -0.2) is 5.91 Å². The van der Waals surface area contributed by atoms with E-state index >= 15 is 0 Å². The quantitative estimate of drug-likeness (QED) is 0.789. The molecule has 0 radical (unpaired) electrons. The summed E-state index contributed by atoms with van der Waals surface area (Å²) in [5, 5.41) is 2.91. The number of hydrogen-bond donors (Lipinski definition) is 2. The van der Waals surface area contributed by atoms with Crippen molar-refractivity contribution in [3.63, 3.8) is 0 Å². The third-order valence-electron chi connectivity index (χ3n) is 3.41. The molecule has 3 heteroatoms. The minimum atomic E-state index is -0.370. The van der Waals surface area contributed by atoms with Crippen LogP contribution < -0.4 is 11.1 Å². The maximum absolute atomic E-state index is 12.0. The second kappa shape index (κ2) is 4.78. The zero-order valence-corrected chi connectivity index (χ0v) is 11.3. The second-order valence-corrected chi connectivity index (χ2v) is 5.22. The molecule has 0 aliphatic carbocycles. The third kappa shape index (κ3) is 2.99. The molecule has 0 fully saturated rings. The molecule has 17 heavy (non-hydrogen) atoms. The lowest BCUT2D eigenvalue weighted by atomic mass is 9.89. The van der Waals surface area contributed by atoms with Gasteiger partial charge in [-0.2, -0.15) is 0 Å². The number of carbonyl (C=O) groups is 1. The van der Waals surface area contributed by atoms with E-state index in [-0.39, 0.29) is 11.3 Å². The monoisotopic (exact) mass is 234 g/mol. The van der Waals surface area contributed by atoms with Crippen LogP contribution in [0.5, 0.6) is 0 Å². The fourth-order valence-corrected chi connectivity index (χ4v) is 1.40. The molecular formula is C14H22N2O. The molecule has 94 valence electrons. The minimum Gasteiger partial charge on any atom is -0.397 e. The lowest BCUT2D eigenvalue weighted by Gasteiger charge is -2.22. The summed E-state index contributed by atoms with van der Waals surface area (Å²) in [4.78, 5) is 12.0. The number of benzene rings is 1. The lowest BCUT2D eigenvalue weighted by molar-refractivity contribution is -0.124. The van der Waals surface area contributed by atoms with E-state index in [4.69, 9.17) is 5.73 Å². The number of nitrogen functional groups attached to an aromatic ring is 1. The third-order valence-corrected chi connectivity index (χ3v) is 3.41. The first-order valence-corrected chi connectivity index (χ1v) is 5.96. The molecule has 3 nitrogen and oxygen atoms in total. The first kappa shape index (κ1) is 13.6. The van der Waals surface area contributed by atoms with Crippen LogP contribution in [0.2, 0.25) is 0 Å². The second-order valence-electron chi connectivity index (χ2n) is 5.22. The Hall–Kier alpha value is -1.51. The zero-order chi connectivity index (χ0) is 13.2. The smallest absolute Gasteiger partial charge is 0.230 e. The zero-order valence-electron chi connectivity index (χ0n) is 11.3. The average molecular weight is 234 g/mol. The van der Waals surface area contributed by atoms with Crippen LogP contribution >= 0.6 is 0 Å². The van der Waals surface area contributed by atoms with Gasteiger partial charge in [-0.1, -0.05) is 20.8 Å². The van der Waals surface area contributed by atoms with Crippen molar-refractivity contribution in [3.8, 4) is 0 Å². The molecule has 0 spiro atoms. The Kier molecular flexibility index (Phi) is 3.81. The molecule has 0 aromatic heterocycles. The van der Waals surface area contributed by atoms with Gasteiger partial charge in [-0.05, 0) is 43.5 Å². The fourth-order valence-electron chi connectivity index (χ4n) is 1.40. The molecule has 0 saturated heterocycles. The van der Waals surface area contributed by atoms with Gasteiger partial charge < -0.3 is 11.1 Å². The summed E-state index contributed by atoms with van der Waals surface area (Å²) in [7, 11) is 0. The van der Waals surface area contributed by atoms with Crippen LogP contribution in [0, 0.1) is 19.3 Å². The molecule has 3 N–H and O–H groups in total. The highest BCUT2D eigenvalue weighted by molar-refractivity contribution is 5.97. The Morgan fingerprint density at radius 1 is 1.29 bits per heavy atom. The van der Waals surface area contributed by atoms with E-state index in [1.54, 1.807) is 0 Å². The van der Waals surface area contributed by atoms with Crippen LogP contribution in [0.4, 0.5) is 11.4 Å². The summed E-state index contributed by atoms with van der Waals surface area (Å²) in [6.45, 7) is 9.88. The summed E-state index contributed by atoms with van der Waals surface area (Å²) in [5.74, 6) is 0.00922. The van der Waals surface area contributed by atoms with Crippen LogP contribution in [0.1, 0.15) is 38.3 Å². The Bertz CT molecular complexity index is 436. The van der Waals surface area contributed by atoms with Gasteiger partial charge in [0.1, 0.15) is 0 Å². The summed E-state index contributed by atoms with van der Waals surface area (Å²) < 4.78 is 0. The number of hydrogen-bond acceptors (Lipinski definition) is 2. The summed E-state index contributed by atoms with van der Waals surface area (Å²) in [6, 6.07) is 3.82. The maximum Gasteiger partial charge on any atom is 0.230 e. The van der Waals surface area contributed by atoms with Crippen molar-refractivity contribution in [3.05, 3.63) is 23.3 Å². The van der Waals surface area contributed by atoms with E-state index in [1.165, 1.54) is 0 Å². The molecular weight excluding hydrogens is 212 g/mol. The van der Waals surface area contributed by atoms with Crippen molar-refractivity contribution < 1.29 is 4.79 Å². The van der Waals surface area contributed by atoms with Gasteiger partial charge in [-0.15, -0.1) is 0 Å². The van der Waals surface area contributed by atoms with Crippen LogP contribution in [0.25, 0.3) is 0 Å². The van der Waals surface area contributed by atoms with Crippen molar-refractivity contribution in [1.29, 1.82) is 0 Å². The van der Waals surface area contributed by atoms with E-state index in [0.717, 1.165) is 17.5 Å². The number of aryl methyl sites for hydroxylation is 2. The van der Waals surface area contributed by atoms with Gasteiger partial charge in [-0.3, -0.25) is 4.79 Å². The number of nitrogens with one attached hydrogen (secondary N) is 1. The van der Waals surface area contributed by atoms with Gasteiger partial charge in [0.2, 0.25) is 5.91 Å². The van der Waals surface area contributed by atoms with Crippen molar-refractivity contribution >= 4 is 17.3 Å². The highest BCUT2D eigenvalue weighted by Gasteiger charge is 2.25. The molecule has 0 saturated carbocycles. The summed E-state index contributed by atoms with van der Waals surface area (Å²) >= 11 is 0. The van der Waals surface area contributed by atoms with Crippen molar-refractivity contribution in [1.82, 2.24) is 0 Å². The topological polar surface area (TPSA) is 55.1 Å². The standard InChI is InChI=1S/C14H22N2O/c1-6-14(4,5)13(17)16-12-8-10(3)9(2)7-11(12)15/h7-8H,6,15H2,1-5H3,(H,16,17). The van der Waals surface area contributed by atoms with Crippen LogP contribution in [-0.2, 0) is 4.79 Å². The highest BCUT2D eigenvalue weighted by atomic mass is 16.2. The number of amides is 1. The molecule has 0 bridgehead atoms. The minimum absolute atomic E-state index is 0.00922. The van der Waals surface area contributed by atoms with Gasteiger partial charge in [0.15, 0.2) is 0 Å². The predicted molar refractivity (Wildman–Crippen MR) is 73.0 cm³/mol. The Balaban J connectivity index is 2.97. The average Bonchev–Trinajstić information content (AvgIpc) is 2.25. The molecule has 0 atom stereocenters. The van der Waals surface area contributed by atoms with E-state index < -0.39 is 0 Å². The fraction of sp³-hybridized carbons (Fsp3) is 0.500. The molecule has 0 heterocycles. The SMILES string of the molecule is CCC(C)(C)C(=O)Nc1cc(C)c(C)cc1N. The van der Waals surface area contributed by atoms with Crippen LogP contribution in [0.15, 0.2) is 12.1 Å². The van der Waals surface area contributed by atoms with Gasteiger partial charge in [0.25, 0.3) is 0 Å². The highest BCUT2D eigenvalue weighted by Crippen LogP contribution is 2.27. The van der Waals surface area contributed by atoms with E-state index in [1.807, 2.05) is 46.8 Å². The van der Waals surface area contributed by atoms with E-state index in [0.29, 0.717) is 11.4 Å². The number of rotatable bonds is 3. The number of anilines is 2. The van der Waals surface area contributed by atoms with Gasteiger partial charge in [0, 0.05) is 5.41 Å². The molecule has 1 amide bonds. The largest absolute Gasteiger partial charge is 0.397 e. The molecule has 1 aromatic rings. The van der Waals surface area contributed by atoms with Crippen LogP contribution in [0.3, 0.4) is 0 Å². The molecule has 0 unspecified atom stereocenters. The normalized spacial score (nSPS) is 11.4. The molecule has 0 aliphatic rings. The Labute approximate surface area is 103 Å². The lowest BCUT2D eigenvalue weighted by Crippen LogP contribution is -2.30. The van der Waals surface area contributed by atoms with E-state index in [9.17, 15) is 4.79 Å².